The Labute approximate surface area is 220 Å². The van der Waals surface area contributed by atoms with Crippen molar-refractivity contribution in [3.8, 4) is 11.1 Å². The molecule has 3 aromatic rings. The van der Waals surface area contributed by atoms with Crippen LogP contribution in [0.15, 0.2) is 66.7 Å². The van der Waals surface area contributed by atoms with Crippen molar-refractivity contribution < 1.29 is 28.3 Å². The van der Waals surface area contributed by atoms with Gasteiger partial charge in [-0.05, 0) is 35.2 Å². The molecule has 4 rings (SSSR count). The number of non-ortho nitro benzene ring substituents is 1. The van der Waals surface area contributed by atoms with Gasteiger partial charge in [-0.15, -0.1) is 0 Å². The summed E-state index contributed by atoms with van der Waals surface area (Å²) in [5, 5.41) is 11.4. The normalized spacial score (nSPS) is 14.9. The number of nitro groups is 1. The second-order valence-corrected chi connectivity index (χ2v) is 9.33. The first-order chi connectivity index (χ1) is 18.2. The van der Waals surface area contributed by atoms with Crippen LogP contribution in [0.2, 0.25) is 0 Å². The summed E-state index contributed by atoms with van der Waals surface area (Å²) in [7, 11) is 2.85. The fourth-order valence-electron chi connectivity index (χ4n) is 5.04. The van der Waals surface area contributed by atoms with Crippen LogP contribution < -0.4 is 10.9 Å². The molecule has 1 amide bonds. The average molecular weight is 524 g/mol. The molecule has 0 radical (unpaired) electrons. The number of benzene rings is 3. The van der Waals surface area contributed by atoms with Crippen LogP contribution in [0.25, 0.3) is 11.1 Å². The Kier molecular flexibility index (Phi) is 8.05. The number of hydrogen-bond donors (Lipinski definition) is 2. The number of carbonyl (C=O) groups is 1. The van der Waals surface area contributed by atoms with E-state index in [-0.39, 0.29) is 23.8 Å². The van der Waals surface area contributed by atoms with Crippen molar-refractivity contribution in [2.75, 3.05) is 20.8 Å². The van der Waals surface area contributed by atoms with E-state index in [1.165, 1.54) is 14.2 Å². The lowest BCUT2D eigenvalue weighted by atomic mass is 9.80. The number of nitrogens with zero attached hydrogens (tertiary/aromatic N) is 1. The smallest absolute Gasteiger partial charge is 0.421 e. The number of hydrogen-bond acceptors (Lipinski definition) is 7. The zero-order chi connectivity index (χ0) is 27.4. The van der Waals surface area contributed by atoms with E-state index in [1.54, 1.807) is 13.8 Å². The summed E-state index contributed by atoms with van der Waals surface area (Å²) in [5.74, 6) is -1.46. The molecular weight excluding hydrogens is 493 g/mol. The SMILES string of the molecule is COC(OC)C(C)[C@](C)(NNC(=O)OCC1c2ccccc2-c2ccccc21)c1cc([N+](=O)[O-])ccc1F. The molecule has 2 atom stereocenters. The van der Waals surface area contributed by atoms with Gasteiger partial charge in [0, 0.05) is 43.8 Å². The summed E-state index contributed by atoms with van der Waals surface area (Å²) in [4.78, 5) is 23.6. The third kappa shape index (κ3) is 5.10. The summed E-state index contributed by atoms with van der Waals surface area (Å²) < 4.78 is 31.4. The molecule has 10 heteroatoms. The predicted molar refractivity (Wildman–Crippen MR) is 139 cm³/mol. The Morgan fingerprint density at radius 1 is 1.05 bits per heavy atom. The number of halogens is 1. The summed E-state index contributed by atoms with van der Waals surface area (Å²) in [6.45, 7) is 3.38. The van der Waals surface area contributed by atoms with Crippen molar-refractivity contribution in [1.29, 1.82) is 0 Å². The number of nitro benzene ring substituents is 1. The minimum Gasteiger partial charge on any atom is -0.448 e. The fraction of sp³-hybridized carbons (Fsp3) is 0.321. The molecule has 1 aliphatic rings. The highest BCUT2D eigenvalue weighted by Crippen LogP contribution is 2.44. The lowest BCUT2D eigenvalue weighted by molar-refractivity contribution is -0.385. The maximum absolute atomic E-state index is 15.0. The molecule has 0 aliphatic heterocycles. The molecule has 1 unspecified atom stereocenters. The van der Waals surface area contributed by atoms with Crippen LogP contribution in [0.3, 0.4) is 0 Å². The van der Waals surface area contributed by atoms with Gasteiger partial charge in [0.2, 0.25) is 0 Å². The van der Waals surface area contributed by atoms with Crippen LogP contribution >= 0.6 is 0 Å². The van der Waals surface area contributed by atoms with Gasteiger partial charge in [0.05, 0.1) is 10.5 Å². The van der Waals surface area contributed by atoms with Crippen LogP contribution in [0.5, 0.6) is 0 Å². The predicted octanol–water partition coefficient (Wildman–Crippen LogP) is 5.25. The van der Waals surface area contributed by atoms with Gasteiger partial charge in [0.15, 0.2) is 6.29 Å². The van der Waals surface area contributed by atoms with E-state index in [9.17, 15) is 14.9 Å². The van der Waals surface area contributed by atoms with Gasteiger partial charge in [0.1, 0.15) is 12.4 Å². The zero-order valence-corrected chi connectivity index (χ0v) is 21.6. The minimum atomic E-state index is -1.39. The molecule has 9 nitrogen and oxygen atoms in total. The van der Waals surface area contributed by atoms with E-state index in [4.69, 9.17) is 14.2 Å². The molecule has 0 bridgehead atoms. The van der Waals surface area contributed by atoms with Crippen molar-refractivity contribution in [1.82, 2.24) is 10.9 Å². The molecule has 0 fully saturated rings. The van der Waals surface area contributed by atoms with Crippen LogP contribution in [-0.2, 0) is 19.7 Å². The first-order valence-corrected chi connectivity index (χ1v) is 12.1. The number of methoxy groups -OCH3 is 2. The second-order valence-electron chi connectivity index (χ2n) is 9.33. The van der Waals surface area contributed by atoms with E-state index in [2.05, 4.69) is 10.9 Å². The molecule has 0 spiro atoms. The first kappa shape index (κ1) is 27.2. The maximum Gasteiger partial charge on any atom is 0.421 e. The second kappa shape index (κ2) is 11.3. The molecule has 2 N–H and O–H groups in total. The Hall–Kier alpha value is -3.86. The van der Waals surface area contributed by atoms with E-state index in [1.807, 2.05) is 48.5 Å². The molecular formula is C28H30FN3O6. The third-order valence-corrected chi connectivity index (χ3v) is 7.27. The molecule has 1 aliphatic carbocycles. The summed E-state index contributed by atoms with van der Waals surface area (Å²) >= 11 is 0. The minimum absolute atomic E-state index is 0.0442. The van der Waals surface area contributed by atoms with Gasteiger partial charge in [-0.1, -0.05) is 55.5 Å². The average Bonchev–Trinajstić information content (AvgIpc) is 3.25. The van der Waals surface area contributed by atoms with Crippen molar-refractivity contribution in [3.05, 3.63) is 99.4 Å². The van der Waals surface area contributed by atoms with Crippen LogP contribution in [0.4, 0.5) is 14.9 Å². The van der Waals surface area contributed by atoms with Gasteiger partial charge < -0.3 is 14.2 Å². The summed E-state index contributed by atoms with van der Waals surface area (Å²) in [6, 6.07) is 19.2. The van der Waals surface area contributed by atoms with Gasteiger partial charge in [-0.3, -0.25) is 15.5 Å². The highest BCUT2D eigenvalue weighted by Gasteiger charge is 2.42. The monoisotopic (exact) mass is 523 g/mol. The lowest BCUT2D eigenvalue weighted by Crippen LogP contribution is -2.57. The molecule has 0 saturated carbocycles. The lowest BCUT2D eigenvalue weighted by Gasteiger charge is -2.39. The van der Waals surface area contributed by atoms with Crippen molar-refractivity contribution >= 4 is 11.8 Å². The molecule has 0 saturated heterocycles. The zero-order valence-electron chi connectivity index (χ0n) is 21.6. The van der Waals surface area contributed by atoms with E-state index in [0.29, 0.717) is 0 Å². The highest BCUT2D eigenvalue weighted by atomic mass is 19.1. The van der Waals surface area contributed by atoms with E-state index in [0.717, 1.165) is 40.5 Å². The van der Waals surface area contributed by atoms with Gasteiger partial charge in [0.25, 0.3) is 5.69 Å². The highest BCUT2D eigenvalue weighted by molar-refractivity contribution is 5.79. The number of rotatable bonds is 10. The largest absolute Gasteiger partial charge is 0.448 e. The third-order valence-electron chi connectivity index (χ3n) is 7.27. The number of hydrazine groups is 1. The number of ether oxygens (including phenoxy) is 3. The number of carbonyl (C=O) groups excluding carboxylic acids is 1. The van der Waals surface area contributed by atoms with Crippen molar-refractivity contribution in [2.45, 2.75) is 31.6 Å². The fourth-order valence-corrected chi connectivity index (χ4v) is 5.04. The number of nitrogens with one attached hydrogen (secondary N) is 2. The number of fused-ring (bicyclic) bond motifs is 3. The Bertz CT molecular complexity index is 1290. The maximum atomic E-state index is 15.0. The quantitative estimate of drug-likeness (QED) is 0.212. The van der Waals surface area contributed by atoms with E-state index < -0.39 is 34.6 Å². The Morgan fingerprint density at radius 2 is 1.63 bits per heavy atom. The first-order valence-electron chi connectivity index (χ1n) is 12.1. The van der Waals surface area contributed by atoms with Gasteiger partial charge in [-0.2, -0.15) is 0 Å². The van der Waals surface area contributed by atoms with Crippen molar-refractivity contribution in [3.63, 3.8) is 0 Å². The Morgan fingerprint density at radius 3 is 2.18 bits per heavy atom. The molecule has 0 aromatic heterocycles. The Balaban J connectivity index is 1.54. The summed E-state index contributed by atoms with van der Waals surface area (Å²) in [6.07, 6.45) is -1.61. The van der Waals surface area contributed by atoms with Crippen molar-refractivity contribution in [2.24, 2.45) is 5.92 Å². The standard InChI is InChI=1S/C28H30FN3O6/c1-17(26(36-3)37-4)28(2,24-15-18(32(34)35)13-14-25(24)29)31-30-27(33)38-16-23-21-11-7-5-9-19(21)20-10-6-8-12-22(20)23/h5-15,17,23,26,31H,16H2,1-4H3,(H,30,33)/t17?,28-/m0/s1. The topological polar surface area (TPSA) is 112 Å². The van der Waals surface area contributed by atoms with Crippen LogP contribution in [-0.4, -0.2) is 38.1 Å². The number of amides is 1. The van der Waals surface area contributed by atoms with Crippen LogP contribution in [0.1, 0.15) is 36.5 Å². The molecule has 200 valence electrons. The van der Waals surface area contributed by atoms with Gasteiger partial charge in [-0.25, -0.2) is 14.6 Å². The molecule has 0 heterocycles. The van der Waals surface area contributed by atoms with E-state index >= 15 is 4.39 Å². The molecule has 3 aromatic carbocycles. The van der Waals surface area contributed by atoms with Crippen LogP contribution in [0, 0.1) is 21.8 Å². The summed E-state index contributed by atoms with van der Waals surface area (Å²) in [5.41, 5.74) is 7.93. The van der Waals surface area contributed by atoms with Gasteiger partial charge >= 0.3 is 6.09 Å². The molecule has 38 heavy (non-hydrogen) atoms.